The molecule has 15 heavy (non-hydrogen) atoms. The molecule has 1 aromatic rings. The molecule has 2 rings (SSSR count). The van der Waals surface area contributed by atoms with E-state index in [1.54, 1.807) is 0 Å². The second-order valence-corrected chi connectivity index (χ2v) is 5.26. The van der Waals surface area contributed by atoms with Gasteiger partial charge in [-0.3, -0.25) is 0 Å². The summed E-state index contributed by atoms with van der Waals surface area (Å²) in [4.78, 5) is 2.05. The van der Waals surface area contributed by atoms with Crippen molar-refractivity contribution in [3.63, 3.8) is 0 Å². The number of hydrogen-bond donors (Lipinski definition) is 0. The fraction of sp³-hybridized carbons (Fsp3) is 0.500. The van der Waals surface area contributed by atoms with Crippen molar-refractivity contribution in [1.82, 2.24) is 4.90 Å². The molecule has 0 aliphatic carbocycles. The van der Waals surface area contributed by atoms with Gasteiger partial charge in [-0.05, 0) is 25.1 Å². The smallest absolute Gasteiger partial charge is 0.128 e. The molecule has 3 heteroatoms. The van der Waals surface area contributed by atoms with Crippen molar-refractivity contribution in [1.29, 1.82) is 0 Å². The van der Waals surface area contributed by atoms with Crippen molar-refractivity contribution in [2.45, 2.75) is 18.5 Å². The van der Waals surface area contributed by atoms with E-state index in [0.29, 0.717) is 19.4 Å². The van der Waals surface area contributed by atoms with Gasteiger partial charge >= 0.3 is 0 Å². The Morgan fingerprint density at radius 2 is 2.20 bits per heavy atom. The van der Waals surface area contributed by atoms with Crippen LogP contribution in [0.2, 0.25) is 0 Å². The van der Waals surface area contributed by atoms with E-state index in [2.05, 4.69) is 20.8 Å². The lowest BCUT2D eigenvalue weighted by atomic mass is 9.95. The predicted molar refractivity (Wildman–Crippen MR) is 63.8 cm³/mol. The van der Waals surface area contributed by atoms with Gasteiger partial charge in [0.2, 0.25) is 0 Å². The monoisotopic (exact) mass is 271 g/mol. The summed E-state index contributed by atoms with van der Waals surface area (Å²) in [6.07, 6.45) is 1.16. The maximum Gasteiger partial charge on any atom is 0.128 e. The van der Waals surface area contributed by atoms with Gasteiger partial charge in [-0.1, -0.05) is 34.1 Å². The van der Waals surface area contributed by atoms with Crippen molar-refractivity contribution >= 4 is 15.9 Å². The fourth-order valence-electron chi connectivity index (χ4n) is 2.16. The van der Waals surface area contributed by atoms with Crippen molar-refractivity contribution in [3.05, 3.63) is 34.3 Å². The van der Waals surface area contributed by atoms with Crippen LogP contribution in [-0.2, 0) is 6.42 Å². The first kappa shape index (κ1) is 11.1. The molecule has 0 radical (unpaired) electrons. The summed E-state index contributed by atoms with van der Waals surface area (Å²) in [6, 6.07) is 7.88. The van der Waals surface area contributed by atoms with E-state index in [4.69, 9.17) is 0 Å². The molecule has 0 saturated carbocycles. The highest BCUT2D eigenvalue weighted by molar-refractivity contribution is 9.10. The van der Waals surface area contributed by atoms with Crippen LogP contribution in [0.1, 0.15) is 12.0 Å². The maximum atomic E-state index is 14.4. The number of alkyl halides is 1. The summed E-state index contributed by atoms with van der Waals surface area (Å²) in [5.74, 6) is 0. The molecule has 1 nitrogen and oxygen atoms in total. The molecule has 0 spiro atoms. The molecule has 0 aromatic heterocycles. The minimum absolute atomic E-state index is 0.513. The third-order valence-corrected chi connectivity index (χ3v) is 3.73. The molecule has 0 bridgehead atoms. The quantitative estimate of drug-likeness (QED) is 0.800. The second kappa shape index (κ2) is 4.22. The molecule has 1 fully saturated rings. The summed E-state index contributed by atoms with van der Waals surface area (Å²) in [5.41, 5.74) is 0.0221. The minimum atomic E-state index is -1.04. The molecular weight excluding hydrogens is 257 g/mol. The van der Waals surface area contributed by atoms with E-state index in [1.165, 1.54) is 0 Å². The van der Waals surface area contributed by atoms with Crippen LogP contribution in [0.25, 0.3) is 0 Å². The lowest BCUT2D eigenvalue weighted by molar-refractivity contribution is 0.172. The van der Waals surface area contributed by atoms with E-state index in [9.17, 15) is 4.39 Å². The van der Waals surface area contributed by atoms with E-state index in [0.717, 1.165) is 16.6 Å². The molecule has 0 amide bonds. The Bertz CT molecular complexity index is 355. The molecule has 1 saturated heterocycles. The van der Waals surface area contributed by atoms with Gasteiger partial charge in [0, 0.05) is 24.0 Å². The maximum absolute atomic E-state index is 14.4. The third-order valence-electron chi connectivity index (χ3n) is 2.96. The van der Waals surface area contributed by atoms with Crippen molar-refractivity contribution in [3.8, 4) is 0 Å². The number of halogens is 2. The largest absolute Gasteiger partial charge is 0.303 e. The lowest BCUT2D eigenvalue weighted by Gasteiger charge is -2.20. The van der Waals surface area contributed by atoms with E-state index in [-0.39, 0.29) is 0 Å². The zero-order valence-electron chi connectivity index (χ0n) is 8.84. The summed E-state index contributed by atoms with van der Waals surface area (Å²) >= 11 is 3.46. The zero-order valence-corrected chi connectivity index (χ0v) is 10.4. The van der Waals surface area contributed by atoms with Gasteiger partial charge in [-0.15, -0.1) is 0 Å². The Kier molecular flexibility index (Phi) is 3.12. The summed E-state index contributed by atoms with van der Waals surface area (Å²) < 4.78 is 15.4. The van der Waals surface area contributed by atoms with Gasteiger partial charge in [0.15, 0.2) is 0 Å². The van der Waals surface area contributed by atoms with Crippen LogP contribution in [0.15, 0.2) is 28.7 Å². The molecule has 82 valence electrons. The minimum Gasteiger partial charge on any atom is -0.303 e. The van der Waals surface area contributed by atoms with Crippen LogP contribution >= 0.6 is 15.9 Å². The Labute approximate surface area is 98.4 Å². The first-order valence-electron chi connectivity index (χ1n) is 5.20. The summed E-state index contributed by atoms with van der Waals surface area (Å²) in [5, 5.41) is 0. The Hall–Kier alpha value is -0.410. The first-order valence-corrected chi connectivity index (χ1v) is 5.99. The fourth-order valence-corrected chi connectivity index (χ4v) is 2.59. The highest BCUT2D eigenvalue weighted by atomic mass is 79.9. The predicted octanol–water partition coefficient (Wildman–Crippen LogP) is 3.04. The molecule has 1 heterocycles. The number of likely N-dealkylation sites (tertiary alicyclic amines) is 1. The van der Waals surface area contributed by atoms with Crippen molar-refractivity contribution in [2.24, 2.45) is 0 Å². The van der Waals surface area contributed by atoms with E-state index >= 15 is 0 Å². The zero-order chi connectivity index (χ0) is 10.9. The average Bonchev–Trinajstić information content (AvgIpc) is 2.51. The normalized spacial score (nSPS) is 27.1. The van der Waals surface area contributed by atoms with Crippen LogP contribution in [0.5, 0.6) is 0 Å². The Balaban J connectivity index is 2.12. The number of benzene rings is 1. The van der Waals surface area contributed by atoms with Gasteiger partial charge in [0.1, 0.15) is 5.67 Å². The van der Waals surface area contributed by atoms with Gasteiger partial charge in [0.05, 0.1) is 0 Å². The molecule has 1 atom stereocenters. The van der Waals surface area contributed by atoms with Gasteiger partial charge in [0.25, 0.3) is 0 Å². The topological polar surface area (TPSA) is 3.24 Å². The van der Waals surface area contributed by atoms with Crippen molar-refractivity contribution in [2.75, 3.05) is 20.1 Å². The Morgan fingerprint density at radius 1 is 1.47 bits per heavy atom. The van der Waals surface area contributed by atoms with E-state index in [1.807, 2.05) is 31.3 Å². The summed E-state index contributed by atoms with van der Waals surface area (Å²) in [6.45, 7) is 1.41. The Morgan fingerprint density at radius 3 is 2.80 bits per heavy atom. The molecular formula is C12H15BrFN. The highest BCUT2D eigenvalue weighted by Crippen LogP contribution is 2.31. The molecule has 1 unspecified atom stereocenters. The van der Waals surface area contributed by atoms with Crippen LogP contribution in [0, 0.1) is 0 Å². The third kappa shape index (κ3) is 2.58. The second-order valence-electron chi connectivity index (χ2n) is 4.41. The van der Waals surface area contributed by atoms with Crippen LogP contribution < -0.4 is 0 Å². The van der Waals surface area contributed by atoms with Crippen LogP contribution in [0.3, 0.4) is 0 Å². The average molecular weight is 272 g/mol. The van der Waals surface area contributed by atoms with Crippen molar-refractivity contribution < 1.29 is 4.39 Å². The SMILES string of the molecule is CN1CCC(F)(Cc2ccccc2Br)C1. The van der Waals surface area contributed by atoms with E-state index < -0.39 is 5.67 Å². The molecule has 0 N–H and O–H groups in total. The van der Waals surface area contributed by atoms with Crippen LogP contribution in [0.4, 0.5) is 4.39 Å². The highest BCUT2D eigenvalue weighted by Gasteiger charge is 2.36. The number of nitrogens with zero attached hydrogens (tertiary/aromatic N) is 1. The number of rotatable bonds is 2. The molecule has 1 aliphatic rings. The first-order chi connectivity index (χ1) is 7.09. The molecule has 1 aliphatic heterocycles. The standard InChI is InChI=1S/C12H15BrFN/c1-15-7-6-12(14,9-15)8-10-4-2-3-5-11(10)13/h2-5H,6-9H2,1H3. The molecule has 1 aromatic carbocycles. The lowest BCUT2D eigenvalue weighted by Crippen LogP contribution is -2.29. The summed E-state index contributed by atoms with van der Waals surface area (Å²) in [7, 11) is 1.97. The number of hydrogen-bond acceptors (Lipinski definition) is 1. The van der Waals surface area contributed by atoms with Gasteiger partial charge in [-0.2, -0.15) is 0 Å². The van der Waals surface area contributed by atoms with Crippen LogP contribution in [-0.4, -0.2) is 30.7 Å². The van der Waals surface area contributed by atoms with Gasteiger partial charge < -0.3 is 4.90 Å². The van der Waals surface area contributed by atoms with Gasteiger partial charge in [-0.25, -0.2) is 4.39 Å².